The maximum absolute atomic E-state index is 10.6. The summed E-state index contributed by atoms with van der Waals surface area (Å²) in [6.07, 6.45) is 2.46. The van der Waals surface area contributed by atoms with E-state index in [-0.39, 0.29) is 5.75 Å². The molecule has 0 aliphatic carbocycles. The van der Waals surface area contributed by atoms with Gasteiger partial charge in [0, 0.05) is 6.08 Å². The van der Waals surface area contributed by atoms with Crippen molar-refractivity contribution in [2.45, 2.75) is 13.8 Å². The fourth-order valence-corrected chi connectivity index (χ4v) is 0.772. The van der Waals surface area contributed by atoms with E-state index in [0.717, 1.165) is 6.08 Å². The van der Waals surface area contributed by atoms with Crippen LogP contribution in [0.15, 0.2) is 12.2 Å². The molecule has 5 heteroatoms. The van der Waals surface area contributed by atoms with E-state index in [9.17, 15) is 13.2 Å². The van der Waals surface area contributed by atoms with Crippen molar-refractivity contribution in [1.29, 1.82) is 0 Å². The largest absolute Gasteiger partial charge is 0.346 e. The summed E-state index contributed by atoms with van der Waals surface area (Å²) < 4.78 is 25.3. The highest BCUT2D eigenvalue weighted by molar-refractivity contribution is 7.87. The first-order valence-electron chi connectivity index (χ1n) is 3.10. The van der Waals surface area contributed by atoms with Crippen molar-refractivity contribution in [3.63, 3.8) is 0 Å². The summed E-state index contributed by atoms with van der Waals surface area (Å²) in [5.41, 5.74) is 0. The van der Waals surface area contributed by atoms with E-state index in [1.54, 1.807) is 6.92 Å². The fourth-order valence-electron chi connectivity index (χ4n) is 0.348. The molecule has 0 fully saturated rings. The second kappa shape index (κ2) is 4.12. The Hall–Kier alpha value is -0.840. The minimum atomic E-state index is -3.64. The molecule has 0 amide bonds. The molecule has 4 nitrogen and oxygen atoms in total. The average molecular weight is 178 g/mol. The lowest BCUT2D eigenvalue weighted by atomic mass is 10.5. The van der Waals surface area contributed by atoms with Gasteiger partial charge in [-0.05, 0) is 13.8 Å². The minimum absolute atomic E-state index is 0.198. The lowest BCUT2D eigenvalue weighted by Gasteiger charge is -1.97. The molecule has 0 bridgehead atoms. The zero-order valence-electron chi connectivity index (χ0n) is 6.40. The molecular weight excluding hydrogens is 168 g/mol. The molecule has 0 aromatic heterocycles. The van der Waals surface area contributed by atoms with Crippen LogP contribution in [-0.2, 0) is 19.1 Å². The smallest absolute Gasteiger partial charge is 0.342 e. The van der Waals surface area contributed by atoms with E-state index < -0.39 is 16.1 Å². The molecule has 0 aliphatic heterocycles. The Labute approximate surface area is 66.0 Å². The van der Waals surface area contributed by atoms with Gasteiger partial charge in [-0.2, -0.15) is 8.42 Å². The van der Waals surface area contributed by atoms with Gasteiger partial charge in [-0.15, -0.1) is 0 Å². The van der Waals surface area contributed by atoms with Gasteiger partial charge in [0.15, 0.2) is 0 Å². The molecule has 0 radical (unpaired) electrons. The first-order chi connectivity index (χ1) is 5.02. The zero-order chi connectivity index (χ0) is 8.91. The molecule has 64 valence electrons. The van der Waals surface area contributed by atoms with Crippen LogP contribution in [0.5, 0.6) is 0 Å². The quantitative estimate of drug-likeness (QED) is 0.465. The molecule has 0 aliphatic rings. The van der Waals surface area contributed by atoms with Crippen molar-refractivity contribution in [2.75, 3.05) is 5.75 Å². The van der Waals surface area contributed by atoms with E-state index in [2.05, 4.69) is 4.18 Å². The normalized spacial score (nSPS) is 11.8. The van der Waals surface area contributed by atoms with Crippen molar-refractivity contribution in [1.82, 2.24) is 0 Å². The van der Waals surface area contributed by atoms with E-state index in [1.165, 1.54) is 13.0 Å². The van der Waals surface area contributed by atoms with Crippen LogP contribution in [0.4, 0.5) is 0 Å². The molecule has 0 heterocycles. The predicted octanol–water partition coefficient (Wildman–Crippen LogP) is 0.455. The molecule has 0 atom stereocenters. The maximum atomic E-state index is 10.6. The van der Waals surface area contributed by atoms with Gasteiger partial charge >= 0.3 is 16.1 Å². The summed E-state index contributed by atoms with van der Waals surface area (Å²) in [7, 11) is -3.64. The fraction of sp³-hybridized carbons (Fsp3) is 0.500. The van der Waals surface area contributed by atoms with Gasteiger partial charge in [0.2, 0.25) is 0 Å². The summed E-state index contributed by atoms with van der Waals surface area (Å²) in [5.74, 6) is -1.05. The van der Waals surface area contributed by atoms with Gasteiger partial charge in [0.25, 0.3) is 0 Å². The highest BCUT2D eigenvalue weighted by Crippen LogP contribution is 1.93. The van der Waals surface area contributed by atoms with E-state index in [1.807, 2.05) is 0 Å². The molecule has 0 rings (SSSR count). The van der Waals surface area contributed by atoms with Gasteiger partial charge in [0.1, 0.15) is 0 Å². The van der Waals surface area contributed by atoms with Crippen molar-refractivity contribution >= 4 is 16.1 Å². The molecular formula is C6H10O4S. The van der Waals surface area contributed by atoms with Crippen LogP contribution in [0.1, 0.15) is 13.8 Å². The van der Waals surface area contributed by atoms with Crippen LogP contribution in [0.3, 0.4) is 0 Å². The van der Waals surface area contributed by atoms with Gasteiger partial charge in [-0.25, -0.2) is 4.79 Å². The summed E-state index contributed by atoms with van der Waals surface area (Å²) in [6.45, 7) is 3.00. The van der Waals surface area contributed by atoms with Crippen LogP contribution < -0.4 is 0 Å². The minimum Gasteiger partial charge on any atom is -0.342 e. The maximum Gasteiger partial charge on any atom is 0.346 e. The molecule has 0 saturated heterocycles. The Morgan fingerprint density at radius 2 is 2.09 bits per heavy atom. The molecule has 0 N–H and O–H groups in total. The molecule has 11 heavy (non-hydrogen) atoms. The Balaban J connectivity index is 4.17. The number of carbonyl (C=O) groups excluding carboxylic acids is 1. The first-order valence-corrected chi connectivity index (χ1v) is 4.68. The number of carbonyl (C=O) groups is 1. The van der Waals surface area contributed by atoms with Gasteiger partial charge in [-0.1, -0.05) is 6.08 Å². The monoisotopic (exact) mass is 178 g/mol. The van der Waals surface area contributed by atoms with E-state index in [0.29, 0.717) is 0 Å². The van der Waals surface area contributed by atoms with Crippen LogP contribution in [0.2, 0.25) is 0 Å². The topological polar surface area (TPSA) is 60.4 Å². The second-order valence-corrected chi connectivity index (χ2v) is 3.61. The van der Waals surface area contributed by atoms with Crippen molar-refractivity contribution in [3.05, 3.63) is 12.2 Å². The lowest BCUT2D eigenvalue weighted by molar-refractivity contribution is -0.128. The van der Waals surface area contributed by atoms with Gasteiger partial charge in [0.05, 0.1) is 5.75 Å². The SMILES string of the molecule is CC=CC(=O)OS(=O)(=O)CC. The predicted molar refractivity (Wildman–Crippen MR) is 40.4 cm³/mol. The highest BCUT2D eigenvalue weighted by Gasteiger charge is 2.10. The number of allylic oxidation sites excluding steroid dienone is 1. The first kappa shape index (κ1) is 10.2. The Kier molecular flexibility index (Phi) is 3.81. The van der Waals surface area contributed by atoms with Gasteiger partial charge < -0.3 is 4.18 Å². The standard InChI is InChI=1S/C6H10O4S/c1-3-5-6(7)10-11(8,9)4-2/h3,5H,4H2,1-2H3. The molecule has 0 unspecified atom stereocenters. The third-order valence-electron chi connectivity index (χ3n) is 0.865. The Bertz CT molecular complexity index is 250. The van der Waals surface area contributed by atoms with Crippen LogP contribution >= 0.6 is 0 Å². The second-order valence-electron chi connectivity index (χ2n) is 1.75. The Morgan fingerprint density at radius 1 is 1.55 bits per heavy atom. The molecule has 0 aromatic carbocycles. The number of hydrogen-bond donors (Lipinski definition) is 0. The zero-order valence-corrected chi connectivity index (χ0v) is 7.22. The van der Waals surface area contributed by atoms with Crippen molar-refractivity contribution in [3.8, 4) is 0 Å². The van der Waals surface area contributed by atoms with E-state index >= 15 is 0 Å². The third-order valence-corrected chi connectivity index (χ3v) is 1.99. The van der Waals surface area contributed by atoms with E-state index in [4.69, 9.17) is 0 Å². The van der Waals surface area contributed by atoms with Gasteiger partial charge in [-0.3, -0.25) is 0 Å². The summed E-state index contributed by atoms with van der Waals surface area (Å²) in [4.78, 5) is 10.5. The Morgan fingerprint density at radius 3 is 2.45 bits per heavy atom. The molecule has 0 spiro atoms. The van der Waals surface area contributed by atoms with Crippen molar-refractivity contribution in [2.24, 2.45) is 0 Å². The summed E-state index contributed by atoms with van der Waals surface area (Å²) in [6, 6.07) is 0. The average Bonchev–Trinajstić information content (AvgIpc) is 1.87. The molecule has 0 saturated carbocycles. The lowest BCUT2D eigenvalue weighted by Crippen LogP contribution is -2.12. The van der Waals surface area contributed by atoms with Crippen molar-refractivity contribution < 1.29 is 17.4 Å². The highest BCUT2D eigenvalue weighted by atomic mass is 32.2. The van der Waals surface area contributed by atoms with Crippen LogP contribution in [0.25, 0.3) is 0 Å². The number of hydrogen-bond acceptors (Lipinski definition) is 4. The molecule has 0 aromatic rings. The third kappa shape index (κ3) is 4.55. The summed E-state index contributed by atoms with van der Waals surface area (Å²) in [5, 5.41) is 0. The summed E-state index contributed by atoms with van der Waals surface area (Å²) >= 11 is 0. The van der Waals surface area contributed by atoms with Crippen LogP contribution in [0, 0.1) is 0 Å². The number of rotatable bonds is 3. The van der Waals surface area contributed by atoms with Crippen LogP contribution in [-0.4, -0.2) is 20.1 Å².